The van der Waals surface area contributed by atoms with Crippen molar-refractivity contribution in [3.63, 3.8) is 0 Å². The van der Waals surface area contributed by atoms with Gasteiger partial charge in [-0.15, -0.1) is 0 Å². The zero-order chi connectivity index (χ0) is 21.8. The number of methoxy groups -OCH3 is 3. The Hall–Kier alpha value is -3.29. The van der Waals surface area contributed by atoms with E-state index >= 15 is 0 Å². The molecule has 8 heteroatoms. The summed E-state index contributed by atoms with van der Waals surface area (Å²) >= 11 is 0. The first-order valence-electron chi connectivity index (χ1n) is 9.53. The molecule has 7 nitrogen and oxygen atoms in total. The van der Waals surface area contributed by atoms with E-state index in [2.05, 4.69) is 5.32 Å². The lowest BCUT2D eigenvalue weighted by molar-refractivity contribution is -0.141. The Labute approximate surface area is 174 Å². The van der Waals surface area contributed by atoms with Gasteiger partial charge in [-0.25, -0.2) is 9.18 Å². The Kier molecular flexibility index (Phi) is 6.44. The number of nitrogens with zero attached hydrogens (tertiary/aromatic N) is 1. The van der Waals surface area contributed by atoms with Gasteiger partial charge in [0, 0.05) is 12.2 Å². The topological polar surface area (TPSA) is 77.1 Å². The predicted molar refractivity (Wildman–Crippen MR) is 109 cm³/mol. The minimum absolute atomic E-state index is 0.0192. The van der Waals surface area contributed by atoms with Crippen LogP contribution in [-0.4, -0.2) is 44.8 Å². The highest BCUT2D eigenvalue weighted by atomic mass is 19.1. The van der Waals surface area contributed by atoms with Crippen LogP contribution in [0.4, 0.5) is 14.9 Å². The molecule has 0 saturated carbocycles. The Morgan fingerprint density at radius 3 is 2.47 bits per heavy atom. The third-order valence-electron chi connectivity index (χ3n) is 5.27. The van der Waals surface area contributed by atoms with Crippen molar-refractivity contribution >= 4 is 17.7 Å². The van der Waals surface area contributed by atoms with Crippen LogP contribution in [0, 0.1) is 12.7 Å². The molecule has 1 aliphatic heterocycles. The number of urea groups is 1. The molecule has 1 unspecified atom stereocenters. The number of carbonyl (C=O) groups excluding carboxylic acids is 2. The van der Waals surface area contributed by atoms with Crippen LogP contribution in [0.3, 0.4) is 0 Å². The van der Waals surface area contributed by atoms with E-state index in [0.29, 0.717) is 35.7 Å². The second-order valence-electron chi connectivity index (χ2n) is 7.04. The summed E-state index contributed by atoms with van der Waals surface area (Å²) in [6.07, 6.45) is 0.553. The number of anilines is 1. The molecule has 30 heavy (non-hydrogen) atoms. The summed E-state index contributed by atoms with van der Waals surface area (Å²) in [7, 11) is 4.39. The number of fused-ring (bicyclic) bond motifs is 1. The third kappa shape index (κ3) is 4.32. The molecular weight excluding hydrogens is 391 g/mol. The number of nitrogens with one attached hydrogen (secondary N) is 1. The number of hydrogen-bond donors (Lipinski definition) is 1. The van der Waals surface area contributed by atoms with Crippen LogP contribution >= 0.6 is 0 Å². The van der Waals surface area contributed by atoms with Gasteiger partial charge in [0.25, 0.3) is 0 Å². The van der Waals surface area contributed by atoms with Crippen LogP contribution in [0.1, 0.15) is 29.2 Å². The first kappa shape index (κ1) is 21.4. The van der Waals surface area contributed by atoms with Gasteiger partial charge in [-0.3, -0.25) is 4.79 Å². The van der Waals surface area contributed by atoms with Crippen LogP contribution in [0.2, 0.25) is 0 Å². The van der Waals surface area contributed by atoms with Gasteiger partial charge in [-0.05, 0) is 54.3 Å². The summed E-state index contributed by atoms with van der Waals surface area (Å²) in [5.74, 6) is 0.247. The van der Waals surface area contributed by atoms with Crippen LogP contribution in [0.15, 0.2) is 30.3 Å². The summed E-state index contributed by atoms with van der Waals surface area (Å²) < 4.78 is 29.5. The molecule has 3 rings (SSSR count). The first-order chi connectivity index (χ1) is 14.4. The van der Waals surface area contributed by atoms with Crippen LogP contribution < -0.4 is 14.8 Å². The molecule has 1 atom stereocenters. The molecular formula is C22H25FN2O5. The molecule has 2 aromatic rings. The van der Waals surface area contributed by atoms with E-state index in [1.807, 2.05) is 6.07 Å². The Morgan fingerprint density at radius 1 is 1.13 bits per heavy atom. The number of hydrogen-bond acceptors (Lipinski definition) is 5. The van der Waals surface area contributed by atoms with Gasteiger partial charge in [-0.1, -0.05) is 6.07 Å². The van der Waals surface area contributed by atoms with Crippen molar-refractivity contribution in [2.75, 3.05) is 33.2 Å². The van der Waals surface area contributed by atoms with Gasteiger partial charge in [-0.2, -0.15) is 0 Å². The van der Waals surface area contributed by atoms with Crippen LogP contribution in [0.25, 0.3) is 0 Å². The molecule has 1 heterocycles. The molecule has 1 N–H and O–H groups in total. The second-order valence-corrected chi connectivity index (χ2v) is 7.04. The number of benzene rings is 2. The number of aryl methyl sites for hydroxylation is 1. The van der Waals surface area contributed by atoms with Crippen LogP contribution in [0.5, 0.6) is 11.5 Å². The minimum atomic E-state index is -0.559. The predicted octanol–water partition coefficient (Wildman–Crippen LogP) is 3.85. The van der Waals surface area contributed by atoms with E-state index in [9.17, 15) is 14.0 Å². The average molecular weight is 416 g/mol. The zero-order valence-electron chi connectivity index (χ0n) is 17.5. The average Bonchev–Trinajstić information content (AvgIpc) is 2.75. The lowest BCUT2D eigenvalue weighted by atomic mass is 9.90. The molecule has 0 radical (unpaired) electrons. The van der Waals surface area contributed by atoms with Gasteiger partial charge in [0.1, 0.15) is 5.82 Å². The number of rotatable bonds is 5. The van der Waals surface area contributed by atoms with Crippen molar-refractivity contribution in [2.45, 2.75) is 25.8 Å². The summed E-state index contributed by atoms with van der Waals surface area (Å²) in [5, 5.41) is 2.72. The third-order valence-corrected chi connectivity index (χ3v) is 5.27. The van der Waals surface area contributed by atoms with Gasteiger partial charge in [0.15, 0.2) is 11.5 Å². The highest BCUT2D eigenvalue weighted by molar-refractivity contribution is 5.90. The maximum atomic E-state index is 13.9. The summed E-state index contributed by atoms with van der Waals surface area (Å²) in [6, 6.07) is 7.17. The molecule has 0 aliphatic carbocycles. The monoisotopic (exact) mass is 416 g/mol. The van der Waals surface area contributed by atoms with E-state index < -0.39 is 23.9 Å². The summed E-state index contributed by atoms with van der Waals surface area (Å²) in [4.78, 5) is 26.7. The van der Waals surface area contributed by atoms with E-state index in [-0.39, 0.29) is 6.42 Å². The minimum Gasteiger partial charge on any atom is -0.493 e. The standard InChI is InChI=1S/C22H25FN2O5/c1-13-5-6-15(10-17(13)23)24-22(27)25-8-7-14-9-19(28-2)20(29-3)11-16(14)18(25)12-21(26)30-4/h5-6,9-11,18H,7-8,12H2,1-4H3,(H,24,27). The molecule has 2 aromatic carbocycles. The first-order valence-corrected chi connectivity index (χ1v) is 9.53. The fourth-order valence-electron chi connectivity index (χ4n) is 3.60. The Balaban J connectivity index is 1.94. The molecule has 0 saturated heterocycles. The van der Waals surface area contributed by atoms with Crippen molar-refractivity contribution in [1.82, 2.24) is 4.90 Å². The van der Waals surface area contributed by atoms with Gasteiger partial charge < -0.3 is 24.4 Å². The summed E-state index contributed by atoms with van der Waals surface area (Å²) in [5.41, 5.74) is 2.59. The van der Waals surface area contributed by atoms with Crippen molar-refractivity contribution in [3.8, 4) is 11.5 Å². The van der Waals surface area contributed by atoms with Crippen molar-refractivity contribution < 1.29 is 28.2 Å². The molecule has 0 aromatic heterocycles. The fourth-order valence-corrected chi connectivity index (χ4v) is 3.60. The fraction of sp³-hybridized carbons (Fsp3) is 0.364. The van der Waals surface area contributed by atoms with Gasteiger partial charge in [0.05, 0.1) is 33.8 Å². The number of halogens is 1. The van der Waals surface area contributed by atoms with E-state index in [4.69, 9.17) is 14.2 Å². The zero-order valence-corrected chi connectivity index (χ0v) is 17.5. The molecule has 2 amide bonds. The van der Waals surface area contributed by atoms with E-state index in [0.717, 1.165) is 11.1 Å². The lowest BCUT2D eigenvalue weighted by Gasteiger charge is -2.37. The lowest BCUT2D eigenvalue weighted by Crippen LogP contribution is -2.43. The number of amides is 2. The normalized spacial score (nSPS) is 15.2. The molecule has 0 bridgehead atoms. The largest absolute Gasteiger partial charge is 0.493 e. The van der Waals surface area contributed by atoms with Crippen molar-refractivity contribution in [3.05, 3.63) is 52.8 Å². The van der Waals surface area contributed by atoms with Crippen LogP contribution in [-0.2, 0) is 16.0 Å². The number of esters is 1. The Morgan fingerprint density at radius 2 is 1.83 bits per heavy atom. The van der Waals surface area contributed by atoms with Crippen molar-refractivity contribution in [1.29, 1.82) is 0 Å². The van der Waals surface area contributed by atoms with Gasteiger partial charge >= 0.3 is 12.0 Å². The number of ether oxygens (including phenoxy) is 3. The van der Waals surface area contributed by atoms with E-state index in [1.165, 1.54) is 20.3 Å². The SMILES string of the molecule is COC(=O)CC1c2cc(OC)c(OC)cc2CCN1C(=O)Nc1ccc(C)c(F)c1. The molecule has 0 spiro atoms. The van der Waals surface area contributed by atoms with Crippen molar-refractivity contribution in [2.24, 2.45) is 0 Å². The highest BCUT2D eigenvalue weighted by Gasteiger charge is 2.34. The summed E-state index contributed by atoms with van der Waals surface area (Å²) in [6.45, 7) is 2.03. The number of carbonyl (C=O) groups is 2. The molecule has 160 valence electrons. The van der Waals surface area contributed by atoms with Gasteiger partial charge in [0.2, 0.25) is 0 Å². The Bertz CT molecular complexity index is 963. The highest BCUT2D eigenvalue weighted by Crippen LogP contribution is 2.39. The smallest absolute Gasteiger partial charge is 0.322 e. The molecule has 0 fully saturated rings. The second kappa shape index (κ2) is 9.02. The quantitative estimate of drug-likeness (QED) is 0.750. The maximum absolute atomic E-state index is 13.9. The maximum Gasteiger partial charge on any atom is 0.322 e. The van der Waals surface area contributed by atoms with E-state index in [1.54, 1.807) is 37.1 Å². The molecule has 1 aliphatic rings.